The molecule has 2 N–H and O–H groups in total. The number of rotatable bonds is 5. The molecule has 6 heteroatoms. The molecule has 4 aromatic rings. The van der Waals surface area contributed by atoms with Crippen molar-refractivity contribution in [1.82, 2.24) is 20.3 Å². The molecule has 2 heterocycles. The first-order chi connectivity index (χ1) is 14.3. The van der Waals surface area contributed by atoms with Gasteiger partial charge in [-0.05, 0) is 43.2 Å². The maximum Gasteiger partial charge on any atom is 0.251 e. The Hall–Kier alpha value is -3.15. The number of oxazole rings is 1. The Morgan fingerprint density at radius 1 is 1.07 bits per heavy atom. The minimum Gasteiger partial charge on any atom is -0.440 e. The Morgan fingerprint density at radius 3 is 2.79 bits per heavy atom. The first-order valence-corrected chi connectivity index (χ1v) is 10.4. The number of aromatic amines is 1. The van der Waals surface area contributed by atoms with Crippen molar-refractivity contribution >= 4 is 28.0 Å². The van der Waals surface area contributed by atoms with Gasteiger partial charge >= 0.3 is 0 Å². The number of fused-ring (bicyclic) bond motifs is 2. The second-order valence-electron chi connectivity index (χ2n) is 7.78. The zero-order valence-electron chi connectivity index (χ0n) is 16.3. The second kappa shape index (κ2) is 7.70. The van der Waals surface area contributed by atoms with Gasteiger partial charge in [0, 0.05) is 24.4 Å². The minimum absolute atomic E-state index is 0.112. The third-order valence-corrected chi connectivity index (χ3v) is 5.71. The van der Waals surface area contributed by atoms with E-state index in [9.17, 15) is 4.79 Å². The number of nitrogens with zero attached hydrogens (tertiary/aromatic N) is 2. The first kappa shape index (κ1) is 17.9. The van der Waals surface area contributed by atoms with E-state index in [1.165, 1.54) is 19.3 Å². The van der Waals surface area contributed by atoms with Crippen LogP contribution in [0.15, 0.2) is 46.9 Å². The maximum absolute atomic E-state index is 12.6. The highest BCUT2D eigenvalue weighted by Gasteiger charge is 2.21. The van der Waals surface area contributed by atoms with Gasteiger partial charge in [0.2, 0.25) is 0 Å². The fourth-order valence-corrected chi connectivity index (χ4v) is 4.13. The largest absolute Gasteiger partial charge is 0.440 e. The number of imidazole rings is 1. The summed E-state index contributed by atoms with van der Waals surface area (Å²) < 4.78 is 6.00. The summed E-state index contributed by atoms with van der Waals surface area (Å²) in [6.45, 7) is 0.514. The molecule has 0 radical (unpaired) electrons. The van der Waals surface area contributed by atoms with Gasteiger partial charge in [-0.25, -0.2) is 9.97 Å². The number of nitrogens with one attached hydrogen (secondary N) is 2. The summed E-state index contributed by atoms with van der Waals surface area (Å²) in [5.74, 6) is 1.99. The van der Waals surface area contributed by atoms with E-state index in [0.717, 1.165) is 41.1 Å². The Kier molecular flexibility index (Phi) is 4.76. The predicted octanol–water partition coefficient (Wildman–Crippen LogP) is 4.72. The van der Waals surface area contributed by atoms with Gasteiger partial charge in [0.05, 0.1) is 11.0 Å². The molecule has 0 saturated heterocycles. The van der Waals surface area contributed by atoms with Gasteiger partial charge in [0.1, 0.15) is 11.3 Å². The molecule has 1 saturated carbocycles. The predicted molar refractivity (Wildman–Crippen MR) is 112 cm³/mol. The van der Waals surface area contributed by atoms with Gasteiger partial charge in [-0.1, -0.05) is 31.4 Å². The highest BCUT2D eigenvalue weighted by Crippen LogP contribution is 2.33. The van der Waals surface area contributed by atoms with E-state index < -0.39 is 0 Å². The van der Waals surface area contributed by atoms with Crippen LogP contribution in [0, 0.1) is 0 Å². The summed E-state index contributed by atoms with van der Waals surface area (Å²) in [6, 6.07) is 13.4. The van der Waals surface area contributed by atoms with E-state index in [2.05, 4.69) is 20.3 Å². The topological polar surface area (TPSA) is 83.8 Å². The van der Waals surface area contributed by atoms with Crippen molar-refractivity contribution in [1.29, 1.82) is 0 Å². The number of carbonyl (C=O) groups is 1. The lowest BCUT2D eigenvalue weighted by Gasteiger charge is -2.17. The average molecular weight is 388 g/mol. The number of benzene rings is 2. The number of aromatic nitrogens is 3. The summed E-state index contributed by atoms with van der Waals surface area (Å²) in [7, 11) is 0. The quantitative estimate of drug-likeness (QED) is 0.518. The molecule has 2 aromatic carbocycles. The molecule has 1 aliphatic rings. The van der Waals surface area contributed by atoms with Crippen molar-refractivity contribution in [3.05, 3.63) is 59.7 Å². The SMILES string of the molecule is O=C(NCCc1nc2ccccc2[nH]1)c1ccc2nc(C3CCCCC3)oc2c1. The van der Waals surface area contributed by atoms with Crippen LogP contribution in [0.4, 0.5) is 0 Å². The van der Waals surface area contributed by atoms with Crippen molar-refractivity contribution in [2.75, 3.05) is 6.54 Å². The average Bonchev–Trinajstić information content (AvgIpc) is 3.37. The maximum atomic E-state index is 12.6. The van der Waals surface area contributed by atoms with Crippen LogP contribution in [-0.2, 0) is 6.42 Å². The fraction of sp³-hybridized carbons (Fsp3) is 0.348. The lowest BCUT2D eigenvalue weighted by Crippen LogP contribution is -2.25. The molecule has 2 aromatic heterocycles. The van der Waals surface area contributed by atoms with E-state index in [0.29, 0.717) is 30.0 Å². The van der Waals surface area contributed by atoms with Crippen molar-refractivity contribution in [2.24, 2.45) is 0 Å². The molecule has 6 nitrogen and oxygen atoms in total. The number of amides is 1. The van der Waals surface area contributed by atoms with Crippen molar-refractivity contribution in [3.8, 4) is 0 Å². The van der Waals surface area contributed by atoms with Crippen LogP contribution in [0.1, 0.15) is 60.1 Å². The van der Waals surface area contributed by atoms with Gasteiger partial charge in [0.15, 0.2) is 11.5 Å². The van der Waals surface area contributed by atoms with E-state index in [-0.39, 0.29) is 5.91 Å². The molecule has 0 atom stereocenters. The van der Waals surface area contributed by atoms with E-state index >= 15 is 0 Å². The van der Waals surface area contributed by atoms with E-state index in [1.54, 1.807) is 6.07 Å². The number of H-pyrrole nitrogens is 1. The van der Waals surface area contributed by atoms with Gasteiger partial charge in [-0.2, -0.15) is 0 Å². The van der Waals surface area contributed by atoms with Crippen LogP contribution in [0.3, 0.4) is 0 Å². The number of carbonyl (C=O) groups excluding carboxylic acids is 1. The summed E-state index contributed by atoms with van der Waals surface area (Å²) in [4.78, 5) is 25.0. The lowest BCUT2D eigenvalue weighted by atomic mass is 9.89. The fourth-order valence-electron chi connectivity index (χ4n) is 4.13. The summed E-state index contributed by atoms with van der Waals surface area (Å²) >= 11 is 0. The standard InChI is InChI=1S/C23H24N4O2/c28-22(24-13-12-21-25-17-8-4-5-9-18(17)26-21)16-10-11-19-20(14-16)29-23(27-19)15-6-2-1-3-7-15/h4-5,8-11,14-15H,1-3,6-7,12-13H2,(H,24,28)(H,25,26). The molecule has 0 spiro atoms. The smallest absolute Gasteiger partial charge is 0.251 e. The number of hydrogen-bond acceptors (Lipinski definition) is 4. The Bertz CT molecular complexity index is 1120. The van der Waals surface area contributed by atoms with E-state index in [4.69, 9.17) is 4.42 Å². The summed E-state index contributed by atoms with van der Waals surface area (Å²) in [5.41, 5.74) is 4.06. The minimum atomic E-state index is -0.112. The monoisotopic (exact) mass is 388 g/mol. The van der Waals surface area contributed by atoms with Gasteiger partial charge in [0.25, 0.3) is 5.91 Å². The molecule has 5 rings (SSSR count). The first-order valence-electron chi connectivity index (χ1n) is 10.4. The highest BCUT2D eigenvalue weighted by molar-refractivity contribution is 5.97. The number of hydrogen-bond donors (Lipinski definition) is 2. The van der Waals surface area contributed by atoms with Crippen LogP contribution < -0.4 is 5.32 Å². The Balaban J connectivity index is 1.24. The van der Waals surface area contributed by atoms with Crippen LogP contribution in [0.25, 0.3) is 22.1 Å². The third-order valence-electron chi connectivity index (χ3n) is 5.71. The van der Waals surface area contributed by atoms with E-state index in [1.807, 2.05) is 36.4 Å². The molecule has 0 aliphatic heterocycles. The van der Waals surface area contributed by atoms with Crippen molar-refractivity contribution < 1.29 is 9.21 Å². The third kappa shape index (κ3) is 3.75. The highest BCUT2D eigenvalue weighted by atomic mass is 16.3. The molecule has 0 bridgehead atoms. The molecular weight excluding hydrogens is 364 g/mol. The molecule has 1 aliphatic carbocycles. The van der Waals surface area contributed by atoms with Gasteiger partial charge < -0.3 is 14.7 Å². The molecule has 1 fully saturated rings. The zero-order valence-corrected chi connectivity index (χ0v) is 16.3. The Morgan fingerprint density at radius 2 is 1.93 bits per heavy atom. The van der Waals surface area contributed by atoms with Gasteiger partial charge in [-0.15, -0.1) is 0 Å². The molecular formula is C23H24N4O2. The van der Waals surface area contributed by atoms with Crippen LogP contribution in [0.2, 0.25) is 0 Å². The summed E-state index contributed by atoms with van der Waals surface area (Å²) in [6.07, 6.45) is 6.71. The molecule has 148 valence electrons. The van der Waals surface area contributed by atoms with Crippen LogP contribution >= 0.6 is 0 Å². The number of para-hydroxylation sites is 2. The molecule has 29 heavy (non-hydrogen) atoms. The Labute approximate surface area is 168 Å². The molecule has 0 unspecified atom stereocenters. The second-order valence-corrected chi connectivity index (χ2v) is 7.78. The van der Waals surface area contributed by atoms with Crippen LogP contribution in [-0.4, -0.2) is 27.4 Å². The normalized spacial score (nSPS) is 15.2. The van der Waals surface area contributed by atoms with Gasteiger partial charge in [-0.3, -0.25) is 4.79 Å². The zero-order chi connectivity index (χ0) is 19.6. The van der Waals surface area contributed by atoms with Crippen LogP contribution in [0.5, 0.6) is 0 Å². The van der Waals surface area contributed by atoms with Crippen molar-refractivity contribution in [3.63, 3.8) is 0 Å². The lowest BCUT2D eigenvalue weighted by molar-refractivity contribution is 0.0954. The summed E-state index contributed by atoms with van der Waals surface area (Å²) in [5, 5.41) is 2.97. The molecule has 1 amide bonds. The van der Waals surface area contributed by atoms with Crippen molar-refractivity contribution in [2.45, 2.75) is 44.4 Å².